The minimum absolute atomic E-state index is 0.0467. The highest BCUT2D eigenvalue weighted by molar-refractivity contribution is 6.07. The Labute approximate surface area is 200 Å². The first-order chi connectivity index (χ1) is 16.8. The van der Waals surface area contributed by atoms with E-state index in [9.17, 15) is 24.5 Å². The Bertz CT molecular complexity index is 1260. The molecule has 10 nitrogen and oxygen atoms in total. The molecular weight excluding hydrogens is 452 g/mol. The van der Waals surface area contributed by atoms with Crippen molar-refractivity contribution in [1.82, 2.24) is 5.01 Å². The van der Waals surface area contributed by atoms with Crippen LogP contribution < -0.4 is 10.1 Å². The maximum Gasteiger partial charge on any atom is 0.270 e. The van der Waals surface area contributed by atoms with E-state index in [2.05, 4.69) is 10.4 Å². The molecule has 35 heavy (non-hydrogen) atoms. The van der Waals surface area contributed by atoms with Crippen molar-refractivity contribution in [3.05, 3.63) is 75.9 Å². The van der Waals surface area contributed by atoms with Crippen LogP contribution in [0, 0.1) is 40.7 Å². The number of hydrogen-bond acceptors (Lipinski definition) is 7. The van der Waals surface area contributed by atoms with E-state index in [1.165, 1.54) is 24.4 Å². The van der Waals surface area contributed by atoms with Gasteiger partial charge in [0, 0.05) is 23.4 Å². The summed E-state index contributed by atoms with van der Waals surface area (Å²) in [5, 5.41) is 18.9. The Morgan fingerprint density at radius 1 is 1.14 bits per heavy atom. The lowest BCUT2D eigenvalue weighted by Crippen LogP contribution is -2.28. The monoisotopic (exact) mass is 474 g/mol. The molecule has 2 fully saturated rings. The first kappa shape index (κ1) is 22.5. The predicted octanol–water partition coefficient (Wildman–Crippen LogP) is 3.06. The number of carbonyl (C=O) groups excluding carboxylic acids is 3. The van der Waals surface area contributed by atoms with Crippen molar-refractivity contribution >= 4 is 35.3 Å². The predicted molar refractivity (Wildman–Crippen MR) is 126 cm³/mol. The average molecular weight is 474 g/mol. The summed E-state index contributed by atoms with van der Waals surface area (Å²) in [6.45, 7) is 1.58. The number of anilines is 1. The van der Waals surface area contributed by atoms with Gasteiger partial charge < -0.3 is 10.1 Å². The topological polar surface area (TPSA) is 131 Å². The van der Waals surface area contributed by atoms with Gasteiger partial charge in [0.1, 0.15) is 5.75 Å². The van der Waals surface area contributed by atoms with E-state index < -0.39 is 22.7 Å². The van der Waals surface area contributed by atoms with Gasteiger partial charge in [0.2, 0.25) is 0 Å². The Morgan fingerprint density at radius 2 is 1.80 bits per heavy atom. The van der Waals surface area contributed by atoms with Gasteiger partial charge in [-0.05, 0) is 43.4 Å². The van der Waals surface area contributed by atoms with Gasteiger partial charge in [-0.2, -0.15) is 10.1 Å². The number of nitrogens with zero attached hydrogens (tertiary/aromatic N) is 3. The molecule has 1 saturated heterocycles. The summed E-state index contributed by atoms with van der Waals surface area (Å²) in [4.78, 5) is 48.7. The van der Waals surface area contributed by atoms with E-state index in [4.69, 9.17) is 4.74 Å². The van der Waals surface area contributed by atoms with E-state index in [-0.39, 0.29) is 47.3 Å². The molecule has 2 bridgehead atoms. The van der Waals surface area contributed by atoms with Crippen LogP contribution in [0.25, 0.3) is 0 Å². The van der Waals surface area contributed by atoms with E-state index in [0.29, 0.717) is 5.69 Å². The second-order valence-corrected chi connectivity index (χ2v) is 8.91. The van der Waals surface area contributed by atoms with Gasteiger partial charge in [0.15, 0.2) is 6.61 Å². The number of imide groups is 1. The largest absolute Gasteiger partial charge is 0.483 e. The third-order valence-electron chi connectivity index (χ3n) is 6.66. The minimum Gasteiger partial charge on any atom is -0.483 e. The number of fused-ring (bicyclic) bond motifs is 5. The number of nitro groups is 1. The molecule has 4 unspecified atom stereocenters. The van der Waals surface area contributed by atoms with Gasteiger partial charge in [-0.1, -0.05) is 29.8 Å². The molecule has 178 valence electrons. The van der Waals surface area contributed by atoms with E-state index in [1.54, 1.807) is 12.1 Å². The summed E-state index contributed by atoms with van der Waals surface area (Å²) < 4.78 is 5.59. The molecule has 1 aliphatic heterocycles. The van der Waals surface area contributed by atoms with Crippen molar-refractivity contribution in [3.63, 3.8) is 0 Å². The maximum absolute atomic E-state index is 12.8. The zero-order valence-corrected chi connectivity index (χ0v) is 18.8. The van der Waals surface area contributed by atoms with Crippen molar-refractivity contribution in [2.75, 3.05) is 11.9 Å². The van der Waals surface area contributed by atoms with Crippen molar-refractivity contribution in [2.24, 2.45) is 28.8 Å². The Morgan fingerprint density at radius 3 is 2.43 bits per heavy atom. The first-order valence-corrected chi connectivity index (χ1v) is 11.2. The average Bonchev–Trinajstić information content (AvgIpc) is 3.52. The number of aryl methyl sites for hydroxylation is 1. The Hall–Kier alpha value is -4.34. The molecule has 0 spiro atoms. The molecule has 3 aliphatic rings. The molecule has 1 N–H and O–H groups in total. The van der Waals surface area contributed by atoms with Crippen molar-refractivity contribution in [3.8, 4) is 5.75 Å². The number of allylic oxidation sites excluding steroid dienone is 2. The standard InChI is InChI=1S/C25H22N4O6/c1-14-2-6-18(7-3-14)27-21(30)13-35-20-9-8-19(29(33)34)11-17(20)12-26-28-24(31)22-15-4-5-16(10-15)23(22)25(28)32/h2-9,11-12,15-16,22-23H,10,13H2,1H3,(H,27,30). The molecule has 2 aromatic rings. The molecule has 1 heterocycles. The van der Waals surface area contributed by atoms with Crippen LogP contribution in [0.2, 0.25) is 0 Å². The van der Waals surface area contributed by atoms with Crippen LogP contribution >= 0.6 is 0 Å². The molecule has 3 amide bonds. The quantitative estimate of drug-likeness (QED) is 0.216. The van der Waals surface area contributed by atoms with Crippen LogP contribution in [0.15, 0.2) is 59.7 Å². The number of hydrazone groups is 1. The Kier molecular flexibility index (Phi) is 5.64. The molecule has 5 rings (SSSR count). The summed E-state index contributed by atoms with van der Waals surface area (Å²) in [6.07, 6.45) is 5.96. The fourth-order valence-corrected chi connectivity index (χ4v) is 4.98. The Balaban J connectivity index is 1.32. The van der Waals surface area contributed by atoms with Crippen LogP contribution in [0.5, 0.6) is 5.75 Å². The highest BCUT2D eigenvalue weighted by Crippen LogP contribution is 2.52. The molecule has 0 aromatic heterocycles. The van der Waals surface area contributed by atoms with Gasteiger partial charge >= 0.3 is 0 Å². The second-order valence-electron chi connectivity index (χ2n) is 8.91. The highest BCUT2D eigenvalue weighted by Gasteiger charge is 2.59. The number of carbonyl (C=O) groups is 3. The fraction of sp³-hybridized carbons (Fsp3) is 0.280. The fourth-order valence-electron chi connectivity index (χ4n) is 4.98. The third-order valence-corrected chi connectivity index (χ3v) is 6.66. The minimum atomic E-state index is -0.578. The van der Waals surface area contributed by atoms with Gasteiger partial charge in [-0.3, -0.25) is 24.5 Å². The summed E-state index contributed by atoms with van der Waals surface area (Å²) in [5.74, 6) is -1.70. The lowest BCUT2D eigenvalue weighted by Gasteiger charge is -2.13. The zero-order valence-electron chi connectivity index (χ0n) is 18.8. The number of benzene rings is 2. The van der Waals surface area contributed by atoms with Crippen LogP contribution in [-0.2, 0) is 14.4 Å². The van der Waals surface area contributed by atoms with Crippen LogP contribution in [0.1, 0.15) is 17.5 Å². The number of amides is 3. The number of rotatable bonds is 7. The zero-order chi connectivity index (χ0) is 24.7. The van der Waals surface area contributed by atoms with E-state index in [1.807, 2.05) is 31.2 Å². The summed E-state index contributed by atoms with van der Waals surface area (Å²) >= 11 is 0. The van der Waals surface area contributed by atoms with Crippen molar-refractivity contribution in [2.45, 2.75) is 13.3 Å². The lowest BCUT2D eigenvalue weighted by atomic mass is 9.85. The van der Waals surface area contributed by atoms with E-state index >= 15 is 0 Å². The maximum atomic E-state index is 12.8. The number of nitro benzene ring substituents is 1. The molecule has 0 radical (unpaired) electrons. The third kappa shape index (κ3) is 4.18. The van der Waals surface area contributed by atoms with Crippen molar-refractivity contribution in [1.29, 1.82) is 0 Å². The van der Waals surface area contributed by atoms with Crippen LogP contribution in [0.3, 0.4) is 0 Å². The van der Waals surface area contributed by atoms with Gasteiger partial charge in [0.25, 0.3) is 23.4 Å². The smallest absolute Gasteiger partial charge is 0.270 e. The summed E-state index contributed by atoms with van der Waals surface area (Å²) in [5.41, 5.74) is 1.61. The number of nitrogens with one attached hydrogen (secondary N) is 1. The normalized spacial score (nSPS) is 24.3. The molecule has 4 atom stereocenters. The second kappa shape index (κ2) is 8.79. The van der Waals surface area contributed by atoms with Gasteiger partial charge in [-0.15, -0.1) is 0 Å². The molecule has 2 aromatic carbocycles. The summed E-state index contributed by atoms with van der Waals surface area (Å²) in [7, 11) is 0. The van der Waals surface area contributed by atoms with E-state index in [0.717, 1.165) is 17.0 Å². The molecule has 2 aliphatic carbocycles. The van der Waals surface area contributed by atoms with Crippen LogP contribution in [-0.4, -0.2) is 40.5 Å². The number of non-ortho nitro benzene ring substituents is 1. The lowest BCUT2D eigenvalue weighted by molar-refractivity contribution is -0.384. The first-order valence-electron chi connectivity index (χ1n) is 11.2. The molecular formula is C25H22N4O6. The van der Waals surface area contributed by atoms with Crippen molar-refractivity contribution < 1.29 is 24.0 Å². The van der Waals surface area contributed by atoms with Gasteiger partial charge in [-0.25, -0.2) is 0 Å². The summed E-state index contributed by atoms with van der Waals surface area (Å²) in [6, 6.07) is 11.1. The highest BCUT2D eigenvalue weighted by atomic mass is 16.6. The molecule has 10 heteroatoms. The SMILES string of the molecule is Cc1ccc(NC(=O)COc2ccc([N+](=O)[O-])cc2C=NN2C(=O)C3C4C=CC(C4)C3C2=O)cc1. The molecule has 1 saturated carbocycles. The number of ether oxygens (including phenoxy) is 1. The van der Waals surface area contributed by atoms with Crippen LogP contribution in [0.4, 0.5) is 11.4 Å². The van der Waals surface area contributed by atoms with Gasteiger partial charge in [0.05, 0.1) is 23.0 Å². The number of hydrogen-bond donors (Lipinski definition) is 1.